The number of unbranched alkanes of at least 4 members (excludes halogenated alkanes) is 8. The van der Waals surface area contributed by atoms with Gasteiger partial charge in [0.15, 0.2) is 0 Å². The van der Waals surface area contributed by atoms with Crippen molar-refractivity contribution >= 4 is 26.5 Å². The van der Waals surface area contributed by atoms with Gasteiger partial charge in [-0.15, -0.1) is 0 Å². The van der Waals surface area contributed by atoms with Crippen LogP contribution < -0.4 is 10.6 Å². The monoisotopic (exact) mass is 839 g/mol. The molecule has 0 bridgehead atoms. The van der Waals surface area contributed by atoms with Crippen molar-refractivity contribution in [2.45, 2.75) is 181 Å². The Hall–Kier alpha value is -3.04. The summed E-state index contributed by atoms with van der Waals surface area (Å²) >= 11 is 0. The van der Waals surface area contributed by atoms with Crippen LogP contribution in [0.15, 0.2) is 121 Å². The lowest BCUT2D eigenvalue weighted by Crippen LogP contribution is -2.20. The molecule has 322 valence electrons. The summed E-state index contributed by atoms with van der Waals surface area (Å²) in [6, 6.07) is 48.4. The molecule has 4 atom stereocenters. The first kappa shape index (κ1) is 48.0. The fourth-order valence-corrected chi connectivity index (χ4v) is 17.4. The van der Waals surface area contributed by atoms with E-state index >= 15 is 0 Å². The molecule has 0 N–H and O–H groups in total. The second kappa shape index (κ2) is 25.8. The van der Waals surface area contributed by atoms with Crippen LogP contribution >= 0.6 is 15.8 Å². The first-order valence-electron chi connectivity index (χ1n) is 24.2. The van der Waals surface area contributed by atoms with Gasteiger partial charge in [-0.25, -0.2) is 0 Å². The molecule has 5 aromatic carbocycles. The van der Waals surface area contributed by atoms with Crippen molar-refractivity contribution in [3.63, 3.8) is 0 Å². The molecule has 4 unspecified atom stereocenters. The second-order valence-corrected chi connectivity index (χ2v) is 23.0. The second-order valence-electron chi connectivity index (χ2n) is 17.8. The molecule has 0 heterocycles. The molecule has 0 radical (unpaired) electrons. The lowest BCUT2D eigenvalue weighted by atomic mass is 10.0. The molecule has 0 saturated heterocycles. The minimum atomic E-state index is -0.577. The predicted molar refractivity (Wildman–Crippen MR) is 272 cm³/mol. The molecule has 0 aliphatic carbocycles. The van der Waals surface area contributed by atoms with Gasteiger partial charge in [0.25, 0.3) is 0 Å². The third-order valence-corrected chi connectivity index (χ3v) is 19.9. The Bertz CT molecular complexity index is 1700. The van der Waals surface area contributed by atoms with E-state index in [-0.39, 0.29) is 0 Å². The maximum atomic E-state index is 2.68. The summed E-state index contributed by atoms with van der Waals surface area (Å²) in [5, 5.41) is 3.21. The lowest BCUT2D eigenvalue weighted by molar-refractivity contribution is 0.633. The van der Waals surface area contributed by atoms with Gasteiger partial charge in [0.05, 0.1) is 0 Å². The van der Waals surface area contributed by atoms with Crippen LogP contribution in [0.3, 0.4) is 0 Å². The van der Waals surface area contributed by atoms with Crippen molar-refractivity contribution in [2.24, 2.45) is 0 Å². The Labute approximate surface area is 371 Å². The van der Waals surface area contributed by atoms with Crippen LogP contribution in [0.5, 0.6) is 0 Å². The summed E-state index contributed by atoms with van der Waals surface area (Å²) < 4.78 is 0. The zero-order chi connectivity index (χ0) is 42.7. The Morgan fingerprint density at radius 2 is 0.517 bits per heavy atom. The highest BCUT2D eigenvalue weighted by Gasteiger charge is 2.36. The van der Waals surface area contributed by atoms with E-state index in [1.807, 2.05) is 0 Å². The first-order chi connectivity index (χ1) is 29.3. The van der Waals surface area contributed by atoms with Gasteiger partial charge in [0.1, 0.15) is 0 Å². The van der Waals surface area contributed by atoms with Gasteiger partial charge in [-0.1, -0.05) is 242 Å². The SMILES string of the molecule is CCCCCC(c1ccccc1C)P(c1ccc(P(C(CCCCC)c2ccccc2C)C(CCCCC)c2ccccc2C)cc1)C(CCCCC)c1ccccc1C. The van der Waals surface area contributed by atoms with E-state index in [0.717, 1.165) is 0 Å². The van der Waals surface area contributed by atoms with Crippen molar-refractivity contribution in [1.82, 2.24) is 0 Å². The molecule has 0 aromatic heterocycles. The van der Waals surface area contributed by atoms with Gasteiger partial charge in [-0.05, 0) is 108 Å². The molecule has 0 fully saturated rings. The molecule has 5 aromatic rings. The summed E-state index contributed by atoms with van der Waals surface area (Å²) in [7, 11) is -1.15. The molecule has 5 rings (SSSR count). The average molecular weight is 839 g/mol. The van der Waals surface area contributed by atoms with Gasteiger partial charge in [-0.3, -0.25) is 0 Å². The molecule has 0 amide bonds. The molecule has 0 spiro atoms. The van der Waals surface area contributed by atoms with E-state index in [1.165, 1.54) is 125 Å². The quantitative estimate of drug-likeness (QED) is 0.0384. The number of hydrogen-bond donors (Lipinski definition) is 0. The zero-order valence-corrected chi connectivity index (χ0v) is 40.9. The summed E-state index contributed by atoms with van der Waals surface area (Å²) in [4.78, 5) is 0. The van der Waals surface area contributed by atoms with Crippen molar-refractivity contribution in [3.05, 3.63) is 166 Å². The Kier molecular flexibility index (Phi) is 20.6. The topological polar surface area (TPSA) is 0 Å². The summed E-state index contributed by atoms with van der Waals surface area (Å²) in [6.07, 6.45) is 20.4. The standard InChI is InChI=1S/C58H80P2/c1-9-13-17-37-55(51-33-25-21-29-45(51)5)59(56(38-18-14-10-2)52-34-26-22-30-46(52)6)49-41-43-50(44-42-49)60(57(39-19-15-11-3)53-35-27-23-31-47(53)7)58(40-20-16-12-4)54-36-28-24-32-48(54)8/h21-36,41-44,55-58H,9-20,37-40H2,1-8H3. The number of benzene rings is 5. The highest BCUT2D eigenvalue weighted by Crippen LogP contribution is 2.67. The van der Waals surface area contributed by atoms with E-state index in [4.69, 9.17) is 0 Å². The van der Waals surface area contributed by atoms with Gasteiger partial charge >= 0.3 is 0 Å². The molecule has 0 saturated carbocycles. The fourth-order valence-electron chi connectivity index (χ4n) is 9.92. The number of hydrogen-bond acceptors (Lipinski definition) is 0. The van der Waals surface area contributed by atoms with E-state index in [0.29, 0.717) is 22.6 Å². The van der Waals surface area contributed by atoms with E-state index in [9.17, 15) is 0 Å². The van der Waals surface area contributed by atoms with E-state index in [2.05, 4.69) is 177 Å². The largest absolute Gasteiger partial charge is 0.0654 e. The van der Waals surface area contributed by atoms with Crippen LogP contribution in [0, 0.1) is 27.7 Å². The number of aryl methyl sites for hydroxylation is 4. The summed E-state index contributed by atoms with van der Waals surface area (Å²) in [6.45, 7) is 19.0. The van der Waals surface area contributed by atoms with Gasteiger partial charge in [0, 0.05) is 22.6 Å². The number of rotatable bonds is 26. The average Bonchev–Trinajstić information content (AvgIpc) is 3.26. The maximum Gasteiger partial charge on any atom is 0.00900 e. The van der Waals surface area contributed by atoms with Crippen LogP contribution in [0.25, 0.3) is 0 Å². The van der Waals surface area contributed by atoms with Crippen LogP contribution in [0.1, 0.15) is 198 Å². The molecule has 60 heavy (non-hydrogen) atoms. The fraction of sp³-hybridized carbons (Fsp3) is 0.483. The van der Waals surface area contributed by atoms with Crippen molar-refractivity contribution in [3.8, 4) is 0 Å². The first-order valence-corrected chi connectivity index (χ1v) is 27.2. The predicted octanol–water partition coefficient (Wildman–Crippen LogP) is 18.4. The van der Waals surface area contributed by atoms with Crippen LogP contribution in [-0.4, -0.2) is 0 Å². The minimum Gasteiger partial charge on any atom is -0.0654 e. The van der Waals surface area contributed by atoms with Gasteiger partial charge in [-0.2, -0.15) is 0 Å². The highest BCUT2D eigenvalue weighted by atomic mass is 31.1. The van der Waals surface area contributed by atoms with E-state index in [1.54, 1.807) is 32.9 Å². The summed E-state index contributed by atoms with van der Waals surface area (Å²) in [5.74, 6) is 0. The van der Waals surface area contributed by atoms with Crippen LogP contribution in [0.4, 0.5) is 0 Å². The van der Waals surface area contributed by atoms with Gasteiger partial charge in [0.2, 0.25) is 0 Å². The van der Waals surface area contributed by atoms with E-state index < -0.39 is 15.8 Å². The van der Waals surface area contributed by atoms with Crippen LogP contribution in [-0.2, 0) is 0 Å². The Balaban J connectivity index is 1.75. The minimum absolute atomic E-state index is 0.522. The van der Waals surface area contributed by atoms with Crippen molar-refractivity contribution in [2.75, 3.05) is 0 Å². The molecule has 0 aliphatic heterocycles. The summed E-state index contributed by atoms with van der Waals surface area (Å²) in [5.41, 5.74) is 14.3. The Morgan fingerprint density at radius 1 is 0.300 bits per heavy atom. The molecule has 2 heteroatoms. The van der Waals surface area contributed by atoms with Crippen molar-refractivity contribution < 1.29 is 0 Å². The Morgan fingerprint density at radius 3 is 0.717 bits per heavy atom. The third-order valence-electron chi connectivity index (χ3n) is 13.3. The van der Waals surface area contributed by atoms with Crippen molar-refractivity contribution in [1.29, 1.82) is 0 Å². The maximum absolute atomic E-state index is 2.68. The molecular formula is C58H80P2. The smallest absolute Gasteiger partial charge is 0.00900 e. The zero-order valence-electron chi connectivity index (χ0n) is 39.1. The normalized spacial score (nSPS) is 14.7. The van der Waals surface area contributed by atoms with Crippen LogP contribution in [0.2, 0.25) is 0 Å². The highest BCUT2D eigenvalue weighted by molar-refractivity contribution is 7.67. The molecule has 0 aliphatic rings. The molecule has 0 nitrogen and oxygen atoms in total. The van der Waals surface area contributed by atoms with Gasteiger partial charge < -0.3 is 0 Å². The third kappa shape index (κ3) is 13.0. The molecular weight excluding hydrogens is 759 g/mol. The lowest BCUT2D eigenvalue weighted by Gasteiger charge is -2.39.